The Morgan fingerprint density at radius 1 is 1.33 bits per heavy atom. The standard InChI is InChI=1S/C22H28O5/c1-7-8-9-10-15-14(3)18(12-17(15)23)27-21(25)19-16(22(19,4)5)11-13(2)20(24)26-6/h7-9,11,16,18-19H,1,10,12H2,2-6H3/b9-8-,13-11+/t16-,18?,19+/m1/s1. The maximum Gasteiger partial charge on any atom is 0.333 e. The molecule has 146 valence electrons. The van der Waals surface area contributed by atoms with Crippen LogP contribution in [0.1, 0.15) is 40.5 Å². The van der Waals surface area contributed by atoms with E-state index in [1.165, 1.54) is 7.11 Å². The number of ketones is 1. The van der Waals surface area contributed by atoms with Gasteiger partial charge in [-0.2, -0.15) is 0 Å². The van der Waals surface area contributed by atoms with Gasteiger partial charge in [-0.15, -0.1) is 0 Å². The van der Waals surface area contributed by atoms with Crippen molar-refractivity contribution in [3.05, 3.63) is 47.6 Å². The van der Waals surface area contributed by atoms with Gasteiger partial charge in [0.25, 0.3) is 0 Å². The van der Waals surface area contributed by atoms with E-state index < -0.39 is 12.1 Å². The topological polar surface area (TPSA) is 69.7 Å². The van der Waals surface area contributed by atoms with Crippen molar-refractivity contribution >= 4 is 17.7 Å². The first-order chi connectivity index (χ1) is 12.6. The van der Waals surface area contributed by atoms with E-state index in [1.54, 1.807) is 25.2 Å². The molecule has 2 aliphatic rings. The minimum absolute atomic E-state index is 0.0204. The number of allylic oxidation sites excluding steroid dienone is 5. The summed E-state index contributed by atoms with van der Waals surface area (Å²) in [4.78, 5) is 36.5. The minimum atomic E-state index is -0.500. The molecule has 27 heavy (non-hydrogen) atoms. The summed E-state index contributed by atoms with van der Waals surface area (Å²) in [5.41, 5.74) is 1.72. The fourth-order valence-electron chi connectivity index (χ4n) is 3.70. The lowest BCUT2D eigenvalue weighted by atomic mass is 10.1. The monoisotopic (exact) mass is 372 g/mol. The average molecular weight is 372 g/mol. The maximum absolute atomic E-state index is 12.7. The van der Waals surface area contributed by atoms with E-state index in [0.717, 1.165) is 5.57 Å². The SMILES string of the molecule is C=C/C=C\CC1=C(C)C(OC(=O)[C@@H]2[C@@H](/C=C(\C)C(=O)OC)C2(C)C)CC1=O. The van der Waals surface area contributed by atoms with Gasteiger partial charge in [0.1, 0.15) is 6.10 Å². The van der Waals surface area contributed by atoms with Crippen molar-refractivity contribution in [3.63, 3.8) is 0 Å². The third-order valence-corrected chi connectivity index (χ3v) is 5.62. The lowest BCUT2D eigenvalue weighted by molar-refractivity contribution is -0.150. The largest absolute Gasteiger partial charge is 0.466 e. The van der Waals surface area contributed by atoms with Gasteiger partial charge in [0.15, 0.2) is 5.78 Å². The number of carbonyl (C=O) groups is 3. The van der Waals surface area contributed by atoms with Gasteiger partial charge in [-0.1, -0.05) is 44.7 Å². The highest BCUT2D eigenvalue weighted by molar-refractivity contribution is 6.00. The summed E-state index contributed by atoms with van der Waals surface area (Å²) < 4.78 is 10.4. The molecule has 1 fully saturated rings. The van der Waals surface area contributed by atoms with Gasteiger partial charge >= 0.3 is 11.9 Å². The predicted molar refractivity (Wildman–Crippen MR) is 103 cm³/mol. The van der Waals surface area contributed by atoms with E-state index in [1.807, 2.05) is 26.8 Å². The number of rotatable bonds is 7. The highest BCUT2D eigenvalue weighted by atomic mass is 16.5. The predicted octanol–water partition coefficient (Wildman–Crippen LogP) is 3.71. The normalized spacial score (nSPS) is 27.1. The first-order valence-corrected chi connectivity index (χ1v) is 9.12. The molecule has 1 unspecified atom stereocenters. The van der Waals surface area contributed by atoms with Gasteiger partial charge < -0.3 is 9.47 Å². The van der Waals surface area contributed by atoms with E-state index in [9.17, 15) is 14.4 Å². The molecule has 0 aliphatic heterocycles. The fraction of sp³-hybridized carbons (Fsp3) is 0.500. The second-order valence-electron chi connectivity index (χ2n) is 7.75. The molecule has 0 amide bonds. The first-order valence-electron chi connectivity index (χ1n) is 9.12. The van der Waals surface area contributed by atoms with Gasteiger partial charge in [-0.25, -0.2) is 4.79 Å². The van der Waals surface area contributed by atoms with Gasteiger partial charge in [-0.3, -0.25) is 9.59 Å². The molecule has 0 N–H and O–H groups in total. The van der Waals surface area contributed by atoms with Crippen LogP contribution < -0.4 is 0 Å². The Bertz CT molecular complexity index is 751. The Kier molecular flexibility index (Phi) is 6.24. The van der Waals surface area contributed by atoms with E-state index in [2.05, 4.69) is 6.58 Å². The first kappa shape index (κ1) is 20.9. The molecule has 0 radical (unpaired) electrons. The summed E-state index contributed by atoms with van der Waals surface area (Å²) in [5.74, 6) is -1.11. The number of hydrogen-bond donors (Lipinski definition) is 0. The molecule has 2 rings (SSSR count). The third kappa shape index (κ3) is 4.29. The van der Waals surface area contributed by atoms with E-state index in [0.29, 0.717) is 17.6 Å². The van der Waals surface area contributed by atoms with Gasteiger partial charge in [0, 0.05) is 11.1 Å². The van der Waals surface area contributed by atoms with Crippen LogP contribution >= 0.6 is 0 Å². The van der Waals surface area contributed by atoms with Crippen molar-refractivity contribution in [2.24, 2.45) is 17.3 Å². The molecular formula is C22H28O5. The van der Waals surface area contributed by atoms with Crippen LogP contribution in [-0.4, -0.2) is 30.9 Å². The number of esters is 2. The van der Waals surface area contributed by atoms with Crippen molar-refractivity contribution in [3.8, 4) is 0 Å². The molecule has 0 saturated heterocycles. The number of hydrogen-bond acceptors (Lipinski definition) is 5. The maximum atomic E-state index is 12.7. The van der Waals surface area contributed by atoms with Crippen molar-refractivity contribution < 1.29 is 23.9 Å². The molecule has 0 spiro atoms. The highest BCUT2D eigenvalue weighted by Gasteiger charge is 2.62. The Morgan fingerprint density at radius 2 is 2.00 bits per heavy atom. The van der Waals surface area contributed by atoms with Crippen LogP contribution in [0.5, 0.6) is 0 Å². The number of carbonyl (C=O) groups excluding carboxylic acids is 3. The summed E-state index contributed by atoms with van der Waals surface area (Å²) in [6.07, 6.45) is 7.32. The summed E-state index contributed by atoms with van der Waals surface area (Å²) in [6.45, 7) is 11.1. The molecule has 0 heterocycles. The van der Waals surface area contributed by atoms with Crippen molar-refractivity contribution in [1.82, 2.24) is 0 Å². The Labute approximate surface area is 160 Å². The zero-order valence-corrected chi connectivity index (χ0v) is 16.7. The molecule has 0 aromatic heterocycles. The van der Waals surface area contributed by atoms with E-state index >= 15 is 0 Å². The third-order valence-electron chi connectivity index (χ3n) is 5.62. The zero-order valence-electron chi connectivity index (χ0n) is 16.7. The molecule has 3 atom stereocenters. The van der Waals surface area contributed by atoms with Crippen molar-refractivity contribution in [2.45, 2.75) is 46.6 Å². The summed E-state index contributed by atoms with van der Waals surface area (Å²) in [7, 11) is 1.33. The fourth-order valence-corrected chi connectivity index (χ4v) is 3.70. The van der Waals surface area contributed by atoms with Crippen molar-refractivity contribution in [2.75, 3.05) is 7.11 Å². The number of Topliss-reactive ketones (excluding diaryl/α,β-unsaturated/α-hetero) is 1. The van der Waals surface area contributed by atoms with Crippen LogP contribution in [0.4, 0.5) is 0 Å². The molecule has 5 heteroatoms. The highest BCUT2D eigenvalue weighted by Crippen LogP contribution is 2.60. The van der Waals surface area contributed by atoms with Crippen LogP contribution in [0.25, 0.3) is 0 Å². The quantitative estimate of drug-likeness (QED) is 0.387. The average Bonchev–Trinajstić information content (AvgIpc) is 3.05. The lowest BCUT2D eigenvalue weighted by Gasteiger charge is -2.13. The molecule has 0 aromatic carbocycles. The minimum Gasteiger partial charge on any atom is -0.466 e. The van der Waals surface area contributed by atoms with Crippen molar-refractivity contribution in [1.29, 1.82) is 0 Å². The summed E-state index contributed by atoms with van der Waals surface area (Å²) in [5, 5.41) is 0. The van der Waals surface area contributed by atoms with Crippen LogP contribution in [0.15, 0.2) is 47.6 Å². The summed E-state index contributed by atoms with van der Waals surface area (Å²) in [6, 6.07) is 0. The van der Waals surface area contributed by atoms with Crippen LogP contribution in [0.3, 0.4) is 0 Å². The second-order valence-corrected chi connectivity index (χ2v) is 7.75. The molecule has 5 nitrogen and oxygen atoms in total. The van der Waals surface area contributed by atoms with E-state index in [-0.39, 0.29) is 35.4 Å². The smallest absolute Gasteiger partial charge is 0.333 e. The Hall–Kier alpha value is -2.43. The van der Waals surface area contributed by atoms with Gasteiger partial charge in [0.2, 0.25) is 0 Å². The Balaban J connectivity index is 2.07. The second kappa shape index (κ2) is 8.07. The molecule has 2 aliphatic carbocycles. The molecule has 0 aromatic rings. The summed E-state index contributed by atoms with van der Waals surface area (Å²) >= 11 is 0. The number of ether oxygens (including phenoxy) is 2. The molecule has 0 bridgehead atoms. The van der Waals surface area contributed by atoms with Gasteiger partial charge in [0.05, 0.1) is 19.4 Å². The van der Waals surface area contributed by atoms with Gasteiger partial charge in [-0.05, 0) is 37.2 Å². The molecule has 1 saturated carbocycles. The molecular weight excluding hydrogens is 344 g/mol. The van der Waals surface area contributed by atoms with Crippen LogP contribution in [0, 0.1) is 17.3 Å². The lowest BCUT2D eigenvalue weighted by Crippen LogP contribution is -2.20. The Morgan fingerprint density at radius 3 is 2.59 bits per heavy atom. The number of methoxy groups -OCH3 is 1. The zero-order chi connectivity index (χ0) is 20.4. The van der Waals surface area contributed by atoms with Crippen LogP contribution in [0.2, 0.25) is 0 Å². The van der Waals surface area contributed by atoms with E-state index in [4.69, 9.17) is 9.47 Å². The van der Waals surface area contributed by atoms with Crippen LogP contribution in [-0.2, 0) is 23.9 Å².